The van der Waals surface area contributed by atoms with Crippen molar-refractivity contribution >= 4 is 23.5 Å². The molecule has 0 unspecified atom stereocenters. The molecule has 0 aliphatic rings. The van der Waals surface area contributed by atoms with E-state index in [0.717, 1.165) is 32.1 Å². The maximum Gasteiger partial charge on any atom is 0.0774 e. The molecule has 0 atom stereocenters. The lowest BCUT2D eigenvalue weighted by atomic mass is 9.79. The summed E-state index contributed by atoms with van der Waals surface area (Å²) in [5, 5.41) is 2.92. The van der Waals surface area contributed by atoms with Crippen LogP contribution in [0, 0.1) is 0 Å². The van der Waals surface area contributed by atoms with E-state index in [1.54, 1.807) is 0 Å². The minimum atomic E-state index is -0.377. The maximum atomic E-state index is 5.30. The molecule has 64 valence electrons. The van der Waals surface area contributed by atoms with E-state index >= 15 is 0 Å². The van der Waals surface area contributed by atoms with Gasteiger partial charge in [-0.25, -0.2) is 0 Å². The van der Waals surface area contributed by atoms with Crippen LogP contribution in [0.4, 0.5) is 0 Å². The van der Waals surface area contributed by atoms with E-state index in [2.05, 4.69) is 5.32 Å². The summed E-state index contributed by atoms with van der Waals surface area (Å²) in [5.41, 5.74) is 0. The smallest absolute Gasteiger partial charge is 0.0774 e. The van der Waals surface area contributed by atoms with E-state index < -0.39 is 0 Å². The Bertz CT molecular complexity index is 69.3. The van der Waals surface area contributed by atoms with Crippen molar-refractivity contribution in [2.75, 3.05) is 6.54 Å². The van der Waals surface area contributed by atoms with Gasteiger partial charge in [0.1, 0.15) is 0 Å². The van der Waals surface area contributed by atoms with Gasteiger partial charge >= 0.3 is 0 Å². The SMILES string of the molecule is CC.[B]CCCCCNC([B])[B]. The molecule has 12 heavy (non-hydrogen) atoms. The fourth-order valence-corrected chi connectivity index (χ4v) is 0.715. The van der Waals surface area contributed by atoms with Crippen LogP contribution in [0.1, 0.15) is 33.1 Å². The molecule has 0 bridgehead atoms. The van der Waals surface area contributed by atoms with Gasteiger partial charge in [0.2, 0.25) is 0 Å². The van der Waals surface area contributed by atoms with Crippen LogP contribution in [0.15, 0.2) is 0 Å². The highest BCUT2D eigenvalue weighted by Gasteiger charge is 1.90. The Balaban J connectivity index is 0. The molecular weight excluding hydrogens is 143 g/mol. The predicted octanol–water partition coefficient (Wildman–Crippen LogP) is 0.980. The van der Waals surface area contributed by atoms with Crippen molar-refractivity contribution in [3.63, 3.8) is 0 Å². The van der Waals surface area contributed by atoms with E-state index in [9.17, 15) is 0 Å². The average molecular weight is 161 g/mol. The van der Waals surface area contributed by atoms with E-state index in [0.29, 0.717) is 0 Å². The number of nitrogens with one attached hydrogen (secondary N) is 1. The second-order valence-corrected chi connectivity index (χ2v) is 2.33. The Labute approximate surface area is 81.3 Å². The lowest BCUT2D eigenvalue weighted by Crippen LogP contribution is -2.30. The standard InChI is InChI=1S/C6H12B3N.C2H6/c7-4-2-1-3-5-10-6(8)9;1-2/h6,10H,1-5H2;1-2H3. The van der Waals surface area contributed by atoms with Gasteiger partial charge in [-0.05, 0) is 13.0 Å². The van der Waals surface area contributed by atoms with Crippen molar-refractivity contribution in [1.29, 1.82) is 0 Å². The first-order valence-corrected chi connectivity index (χ1v) is 4.72. The molecule has 0 aromatic carbocycles. The van der Waals surface area contributed by atoms with E-state index in [4.69, 9.17) is 23.5 Å². The Hall–Kier alpha value is 0.155. The molecule has 0 saturated heterocycles. The topological polar surface area (TPSA) is 12.0 Å². The zero-order valence-corrected chi connectivity index (χ0v) is 8.34. The van der Waals surface area contributed by atoms with Gasteiger partial charge in [0, 0.05) is 0 Å². The fourth-order valence-electron chi connectivity index (χ4n) is 0.715. The molecule has 0 amide bonds. The van der Waals surface area contributed by atoms with E-state index in [1.165, 1.54) is 0 Å². The summed E-state index contributed by atoms with van der Waals surface area (Å²) in [6, 6.07) is 0. The van der Waals surface area contributed by atoms with Crippen LogP contribution >= 0.6 is 0 Å². The van der Waals surface area contributed by atoms with Crippen LogP contribution < -0.4 is 5.32 Å². The summed E-state index contributed by atoms with van der Waals surface area (Å²) in [7, 11) is 15.8. The van der Waals surface area contributed by atoms with Crippen molar-refractivity contribution < 1.29 is 0 Å². The van der Waals surface area contributed by atoms with Crippen molar-refractivity contribution in [3.05, 3.63) is 0 Å². The van der Waals surface area contributed by atoms with Crippen LogP contribution in [0.2, 0.25) is 6.32 Å². The fraction of sp³-hybridized carbons (Fsp3) is 1.00. The molecule has 6 radical (unpaired) electrons. The molecule has 1 N–H and O–H groups in total. The Kier molecular flexibility index (Phi) is 16.8. The van der Waals surface area contributed by atoms with Crippen LogP contribution in [-0.4, -0.2) is 35.9 Å². The number of rotatable bonds is 6. The highest BCUT2D eigenvalue weighted by atomic mass is 14.8. The van der Waals surface area contributed by atoms with Crippen molar-refractivity contribution in [1.82, 2.24) is 5.32 Å². The minimum Gasteiger partial charge on any atom is -0.331 e. The predicted molar refractivity (Wildman–Crippen MR) is 59.1 cm³/mol. The molecule has 0 saturated carbocycles. The van der Waals surface area contributed by atoms with Crippen molar-refractivity contribution in [2.45, 2.75) is 45.3 Å². The molecule has 1 nitrogen and oxygen atoms in total. The van der Waals surface area contributed by atoms with Gasteiger partial charge in [-0.2, -0.15) is 0 Å². The third-order valence-corrected chi connectivity index (χ3v) is 1.26. The Morgan fingerprint density at radius 1 is 1.08 bits per heavy atom. The van der Waals surface area contributed by atoms with Crippen LogP contribution in [0.5, 0.6) is 0 Å². The molecule has 0 rings (SSSR count). The second kappa shape index (κ2) is 13.7. The molecule has 0 fully saturated rings. The minimum absolute atomic E-state index is 0.377. The molecule has 4 heteroatoms. The monoisotopic (exact) mass is 161 g/mol. The summed E-state index contributed by atoms with van der Waals surface area (Å²) in [5.74, 6) is -0.377. The molecule has 0 spiro atoms. The van der Waals surface area contributed by atoms with Crippen molar-refractivity contribution in [2.24, 2.45) is 0 Å². The zero-order valence-electron chi connectivity index (χ0n) is 8.34. The lowest BCUT2D eigenvalue weighted by molar-refractivity contribution is 0.643. The van der Waals surface area contributed by atoms with Crippen LogP contribution in [0.3, 0.4) is 0 Å². The second-order valence-electron chi connectivity index (χ2n) is 2.33. The largest absolute Gasteiger partial charge is 0.331 e. The van der Waals surface area contributed by atoms with Gasteiger partial charge < -0.3 is 5.32 Å². The third-order valence-electron chi connectivity index (χ3n) is 1.26. The van der Waals surface area contributed by atoms with Gasteiger partial charge in [0.15, 0.2) is 0 Å². The lowest BCUT2D eigenvalue weighted by Gasteiger charge is -2.07. The van der Waals surface area contributed by atoms with Crippen LogP contribution in [-0.2, 0) is 0 Å². The number of unbranched alkanes of at least 4 members (excludes halogenated alkanes) is 2. The molecular formula is C8H18B3N. The molecule has 0 aromatic heterocycles. The quantitative estimate of drug-likeness (QED) is 0.451. The summed E-state index contributed by atoms with van der Waals surface area (Å²) in [6.07, 6.45) is 4.11. The first-order valence-electron chi connectivity index (χ1n) is 4.72. The average Bonchev–Trinajstić information content (AvgIpc) is 2.07. The molecule has 0 aromatic rings. The molecule has 0 aliphatic heterocycles. The zero-order chi connectivity index (χ0) is 9.82. The highest BCUT2D eigenvalue weighted by Crippen LogP contribution is 1.95. The highest BCUT2D eigenvalue weighted by molar-refractivity contribution is 6.35. The number of hydrogen-bond acceptors (Lipinski definition) is 1. The first-order chi connectivity index (χ1) is 5.77. The van der Waals surface area contributed by atoms with Crippen LogP contribution in [0.25, 0.3) is 0 Å². The summed E-state index contributed by atoms with van der Waals surface area (Å²) in [6.45, 7) is 4.89. The molecule has 0 aliphatic carbocycles. The van der Waals surface area contributed by atoms with Gasteiger partial charge in [0.25, 0.3) is 0 Å². The van der Waals surface area contributed by atoms with Gasteiger partial charge in [-0.1, -0.05) is 38.8 Å². The van der Waals surface area contributed by atoms with Gasteiger partial charge in [-0.15, -0.1) is 0 Å². The van der Waals surface area contributed by atoms with E-state index in [-0.39, 0.29) is 5.84 Å². The van der Waals surface area contributed by atoms with Gasteiger partial charge in [0.05, 0.1) is 23.5 Å². The Morgan fingerprint density at radius 2 is 1.67 bits per heavy atom. The van der Waals surface area contributed by atoms with Crippen molar-refractivity contribution in [3.8, 4) is 0 Å². The third kappa shape index (κ3) is 16.6. The summed E-state index contributed by atoms with van der Waals surface area (Å²) < 4.78 is 0. The maximum absolute atomic E-state index is 5.30. The summed E-state index contributed by atoms with van der Waals surface area (Å²) >= 11 is 0. The molecule has 0 heterocycles. The Morgan fingerprint density at radius 3 is 2.08 bits per heavy atom. The summed E-state index contributed by atoms with van der Waals surface area (Å²) in [4.78, 5) is 0. The van der Waals surface area contributed by atoms with Gasteiger partial charge in [-0.3, -0.25) is 0 Å². The normalized spacial score (nSPS) is 9.25. The number of hydrogen-bond donors (Lipinski definition) is 1. The first kappa shape index (κ1) is 14.7. The van der Waals surface area contributed by atoms with E-state index in [1.807, 2.05) is 13.8 Å².